The summed E-state index contributed by atoms with van der Waals surface area (Å²) < 4.78 is 11.4. The smallest absolute Gasteiger partial charge is 0.123 e. The number of rotatable bonds is 5. The normalized spacial score (nSPS) is 15.7. The summed E-state index contributed by atoms with van der Waals surface area (Å²) in [5.41, 5.74) is 3.17. The lowest BCUT2D eigenvalue weighted by atomic mass is 9.99. The van der Waals surface area contributed by atoms with E-state index in [-0.39, 0.29) is 0 Å². The van der Waals surface area contributed by atoms with Crippen LogP contribution in [0.1, 0.15) is 28.6 Å². The van der Waals surface area contributed by atoms with Crippen molar-refractivity contribution in [1.82, 2.24) is 4.90 Å². The quantitative estimate of drug-likeness (QED) is 0.758. The highest BCUT2D eigenvalue weighted by atomic mass is 16.5. The number of hydrogen-bond acceptors (Lipinski definition) is 4. The van der Waals surface area contributed by atoms with Crippen LogP contribution in [-0.2, 0) is 19.5 Å². The Hall–Kier alpha value is -2.56. The Morgan fingerprint density at radius 1 is 1.04 bits per heavy atom. The summed E-state index contributed by atoms with van der Waals surface area (Å²) in [4.78, 5) is 2.30. The molecule has 0 aliphatic carbocycles. The lowest BCUT2D eigenvalue weighted by molar-refractivity contribution is 0.178. The Kier molecular flexibility index (Phi) is 5.04. The highest BCUT2D eigenvalue weighted by Gasteiger charge is 2.18. The van der Waals surface area contributed by atoms with Gasteiger partial charge in [0.1, 0.15) is 18.1 Å². The first-order chi connectivity index (χ1) is 12.8. The molecule has 1 aliphatic heterocycles. The van der Waals surface area contributed by atoms with E-state index in [0.717, 1.165) is 47.8 Å². The van der Waals surface area contributed by atoms with Crippen LogP contribution < -0.4 is 4.74 Å². The fourth-order valence-corrected chi connectivity index (χ4v) is 3.39. The first-order valence-corrected chi connectivity index (χ1v) is 9.00. The first-order valence-electron chi connectivity index (χ1n) is 9.00. The summed E-state index contributed by atoms with van der Waals surface area (Å²) in [5, 5.41) is 10.6. The molecule has 2 heterocycles. The minimum atomic E-state index is -0.524. The van der Waals surface area contributed by atoms with Gasteiger partial charge >= 0.3 is 0 Å². The minimum Gasteiger partial charge on any atom is -0.492 e. The van der Waals surface area contributed by atoms with E-state index in [0.29, 0.717) is 13.0 Å². The van der Waals surface area contributed by atoms with Crippen LogP contribution in [0.15, 0.2) is 71.3 Å². The van der Waals surface area contributed by atoms with Crippen LogP contribution in [0.5, 0.6) is 5.75 Å². The molecule has 4 heteroatoms. The second kappa shape index (κ2) is 7.77. The van der Waals surface area contributed by atoms with E-state index in [2.05, 4.69) is 11.0 Å². The zero-order valence-electron chi connectivity index (χ0n) is 14.7. The molecule has 2 aromatic carbocycles. The van der Waals surface area contributed by atoms with Gasteiger partial charge in [0.2, 0.25) is 0 Å². The Labute approximate surface area is 153 Å². The molecule has 0 saturated heterocycles. The molecular formula is C22H23NO3. The van der Waals surface area contributed by atoms with E-state index in [4.69, 9.17) is 9.15 Å². The monoisotopic (exact) mass is 349 g/mol. The number of furan rings is 1. The van der Waals surface area contributed by atoms with E-state index in [1.165, 1.54) is 0 Å². The van der Waals surface area contributed by atoms with Gasteiger partial charge in [0.25, 0.3) is 0 Å². The van der Waals surface area contributed by atoms with E-state index in [9.17, 15) is 5.11 Å². The first kappa shape index (κ1) is 16.9. The van der Waals surface area contributed by atoms with Gasteiger partial charge in [0.05, 0.1) is 18.9 Å². The maximum Gasteiger partial charge on any atom is 0.123 e. The Bertz CT molecular complexity index is 830. The van der Waals surface area contributed by atoms with E-state index in [1.807, 2.05) is 54.6 Å². The van der Waals surface area contributed by atoms with Gasteiger partial charge in [-0.3, -0.25) is 4.90 Å². The van der Waals surface area contributed by atoms with Crippen LogP contribution in [0.4, 0.5) is 0 Å². The van der Waals surface area contributed by atoms with Crippen LogP contribution in [-0.4, -0.2) is 23.2 Å². The minimum absolute atomic E-state index is 0.524. The summed E-state index contributed by atoms with van der Waals surface area (Å²) in [5.74, 6) is 1.86. The van der Waals surface area contributed by atoms with Crippen LogP contribution in [0.3, 0.4) is 0 Å². The van der Waals surface area contributed by atoms with Gasteiger partial charge in [-0.2, -0.15) is 0 Å². The largest absolute Gasteiger partial charge is 0.492 e. The Morgan fingerprint density at radius 3 is 2.73 bits per heavy atom. The molecular weight excluding hydrogens is 326 g/mol. The van der Waals surface area contributed by atoms with Gasteiger partial charge in [0.15, 0.2) is 0 Å². The van der Waals surface area contributed by atoms with Crippen molar-refractivity contribution in [3.63, 3.8) is 0 Å². The number of aliphatic hydroxyl groups is 1. The predicted octanol–water partition coefficient (Wildman–Crippen LogP) is 3.95. The zero-order chi connectivity index (χ0) is 17.8. The maximum atomic E-state index is 10.6. The maximum absolute atomic E-state index is 10.6. The van der Waals surface area contributed by atoms with Crippen molar-refractivity contribution in [1.29, 1.82) is 0 Å². The fourth-order valence-electron chi connectivity index (χ4n) is 3.39. The topological polar surface area (TPSA) is 45.8 Å². The van der Waals surface area contributed by atoms with E-state index < -0.39 is 6.10 Å². The lowest BCUT2D eigenvalue weighted by Gasteiger charge is -2.18. The average molecular weight is 349 g/mol. The molecule has 0 bridgehead atoms. The van der Waals surface area contributed by atoms with Gasteiger partial charge in [0, 0.05) is 25.1 Å². The number of fused-ring (bicyclic) bond motifs is 1. The number of nitrogens with zero attached hydrogens (tertiary/aromatic N) is 1. The van der Waals surface area contributed by atoms with Crippen LogP contribution in [0.2, 0.25) is 0 Å². The van der Waals surface area contributed by atoms with Crippen LogP contribution >= 0.6 is 0 Å². The van der Waals surface area contributed by atoms with Crippen LogP contribution in [0, 0.1) is 0 Å². The summed E-state index contributed by atoms with van der Waals surface area (Å²) in [6.45, 7) is 3.03. The Balaban J connectivity index is 1.50. The molecule has 3 aromatic rings. The van der Waals surface area contributed by atoms with Crippen molar-refractivity contribution in [2.24, 2.45) is 0 Å². The second-order valence-corrected chi connectivity index (χ2v) is 6.71. The second-order valence-electron chi connectivity index (χ2n) is 6.71. The molecule has 1 aromatic heterocycles. The van der Waals surface area contributed by atoms with Crippen molar-refractivity contribution >= 4 is 0 Å². The molecule has 134 valence electrons. The molecule has 0 saturated carbocycles. The molecule has 1 N–H and O–H groups in total. The highest BCUT2D eigenvalue weighted by molar-refractivity contribution is 5.39. The number of hydrogen-bond donors (Lipinski definition) is 1. The van der Waals surface area contributed by atoms with Crippen molar-refractivity contribution in [2.45, 2.75) is 25.6 Å². The van der Waals surface area contributed by atoms with Crippen LogP contribution in [0.25, 0.3) is 0 Å². The van der Waals surface area contributed by atoms with Gasteiger partial charge in [-0.05, 0) is 35.4 Å². The molecule has 4 nitrogen and oxygen atoms in total. The molecule has 4 rings (SSSR count). The molecule has 0 amide bonds. The third-order valence-corrected chi connectivity index (χ3v) is 4.76. The number of aliphatic hydroxyl groups excluding tert-OH is 1. The zero-order valence-corrected chi connectivity index (χ0v) is 14.7. The van der Waals surface area contributed by atoms with E-state index in [1.54, 1.807) is 6.26 Å². The summed E-state index contributed by atoms with van der Waals surface area (Å²) in [6, 6.07) is 20.0. The van der Waals surface area contributed by atoms with Gasteiger partial charge in [-0.25, -0.2) is 0 Å². The van der Waals surface area contributed by atoms with Gasteiger partial charge in [-0.15, -0.1) is 0 Å². The molecule has 1 aliphatic rings. The van der Waals surface area contributed by atoms with Gasteiger partial charge in [-0.1, -0.05) is 36.4 Å². The third-order valence-electron chi connectivity index (χ3n) is 4.76. The predicted molar refractivity (Wildman–Crippen MR) is 99.9 cm³/mol. The average Bonchev–Trinajstić information content (AvgIpc) is 3.08. The third kappa shape index (κ3) is 3.98. The molecule has 0 fully saturated rings. The SMILES string of the molecule is OC(Cc1ccccc1)c1ccc2c(c1)CN(Cc1ccco1)CCO2. The highest BCUT2D eigenvalue weighted by Crippen LogP contribution is 2.28. The number of benzene rings is 2. The molecule has 26 heavy (non-hydrogen) atoms. The Morgan fingerprint density at radius 2 is 1.92 bits per heavy atom. The van der Waals surface area contributed by atoms with Crippen molar-refractivity contribution in [3.05, 3.63) is 89.4 Å². The summed E-state index contributed by atoms with van der Waals surface area (Å²) in [7, 11) is 0. The summed E-state index contributed by atoms with van der Waals surface area (Å²) >= 11 is 0. The standard InChI is InChI=1S/C22H23NO3/c24-21(13-17-5-2-1-3-6-17)18-8-9-22-19(14-18)15-23(10-12-26-22)16-20-7-4-11-25-20/h1-9,11,14,21,24H,10,12-13,15-16H2. The van der Waals surface area contributed by atoms with Crippen molar-refractivity contribution in [2.75, 3.05) is 13.2 Å². The fraction of sp³-hybridized carbons (Fsp3) is 0.273. The lowest BCUT2D eigenvalue weighted by Crippen LogP contribution is -2.25. The van der Waals surface area contributed by atoms with Gasteiger partial charge < -0.3 is 14.3 Å². The molecule has 0 spiro atoms. The van der Waals surface area contributed by atoms with E-state index >= 15 is 0 Å². The number of ether oxygens (including phenoxy) is 1. The molecule has 1 atom stereocenters. The summed E-state index contributed by atoms with van der Waals surface area (Å²) in [6.07, 6.45) is 1.79. The molecule has 0 radical (unpaired) electrons. The molecule has 1 unspecified atom stereocenters. The van der Waals surface area contributed by atoms with Crippen molar-refractivity contribution in [3.8, 4) is 5.75 Å². The van der Waals surface area contributed by atoms with Crippen molar-refractivity contribution < 1.29 is 14.3 Å².